The molecule has 22 heavy (non-hydrogen) atoms. The van der Waals surface area contributed by atoms with Gasteiger partial charge in [-0.3, -0.25) is 0 Å². The van der Waals surface area contributed by atoms with E-state index in [0.29, 0.717) is 13.2 Å². The highest BCUT2D eigenvalue weighted by molar-refractivity contribution is 7.99. The number of aliphatic hydroxyl groups is 1. The largest absolute Gasteiger partial charge is 0.490 e. The molecule has 2 aromatic rings. The number of para-hydroxylation sites is 1. The Balaban J connectivity index is 1.73. The Hall–Kier alpha value is -1.17. The summed E-state index contributed by atoms with van der Waals surface area (Å²) in [6.07, 6.45) is 0.853. The first-order chi connectivity index (χ1) is 10.6. The van der Waals surface area contributed by atoms with Crippen LogP contribution in [0.15, 0.2) is 28.7 Å². The van der Waals surface area contributed by atoms with Gasteiger partial charge in [0, 0.05) is 17.7 Å². The number of furan rings is 1. The molecule has 0 spiro atoms. The summed E-state index contributed by atoms with van der Waals surface area (Å²) < 4.78 is 11.6. The normalized spacial score (nSPS) is 23.0. The fourth-order valence-corrected chi connectivity index (χ4v) is 4.01. The van der Waals surface area contributed by atoms with E-state index in [1.165, 1.54) is 0 Å². The van der Waals surface area contributed by atoms with E-state index in [0.717, 1.165) is 40.4 Å². The van der Waals surface area contributed by atoms with Crippen LogP contribution in [0.5, 0.6) is 5.75 Å². The fourth-order valence-electron chi connectivity index (χ4n) is 2.72. The molecule has 0 unspecified atom stereocenters. The highest BCUT2D eigenvalue weighted by Crippen LogP contribution is 2.32. The van der Waals surface area contributed by atoms with E-state index in [4.69, 9.17) is 9.15 Å². The smallest absolute Gasteiger partial charge is 0.176 e. The zero-order chi connectivity index (χ0) is 15.6. The number of hydrogen-bond donors (Lipinski definition) is 2. The summed E-state index contributed by atoms with van der Waals surface area (Å²) in [7, 11) is 0. The minimum atomic E-state index is -0.582. The molecule has 2 atom stereocenters. The van der Waals surface area contributed by atoms with Gasteiger partial charge in [0.15, 0.2) is 11.3 Å². The van der Waals surface area contributed by atoms with E-state index in [-0.39, 0.29) is 6.04 Å². The van der Waals surface area contributed by atoms with Gasteiger partial charge in [-0.25, -0.2) is 0 Å². The van der Waals surface area contributed by atoms with Crippen molar-refractivity contribution >= 4 is 22.7 Å². The van der Waals surface area contributed by atoms with Crippen LogP contribution in [-0.2, 0) is 0 Å². The third-order valence-electron chi connectivity index (χ3n) is 4.07. The topological polar surface area (TPSA) is 54.6 Å². The SMILES string of the molecule is CCOc1cccc2cc([C@@H](C)NC[C@@]3(O)CCSC3)oc12. The Kier molecular flexibility index (Phi) is 4.66. The van der Waals surface area contributed by atoms with E-state index < -0.39 is 5.60 Å². The lowest BCUT2D eigenvalue weighted by molar-refractivity contribution is 0.0644. The zero-order valence-electron chi connectivity index (χ0n) is 13.1. The van der Waals surface area contributed by atoms with E-state index >= 15 is 0 Å². The second-order valence-corrected chi connectivity index (χ2v) is 6.99. The van der Waals surface area contributed by atoms with Crippen LogP contribution in [0.2, 0.25) is 0 Å². The summed E-state index contributed by atoms with van der Waals surface area (Å²) in [5.74, 6) is 3.50. The van der Waals surface area contributed by atoms with Gasteiger partial charge in [0.2, 0.25) is 0 Å². The average Bonchev–Trinajstić information content (AvgIpc) is 3.13. The van der Waals surface area contributed by atoms with Crippen LogP contribution in [0.1, 0.15) is 32.1 Å². The van der Waals surface area contributed by atoms with Crippen molar-refractivity contribution in [2.75, 3.05) is 24.7 Å². The fraction of sp³-hybridized carbons (Fsp3) is 0.529. The first-order valence-corrected chi connectivity index (χ1v) is 8.95. The summed E-state index contributed by atoms with van der Waals surface area (Å²) in [4.78, 5) is 0. The maximum Gasteiger partial charge on any atom is 0.176 e. The van der Waals surface area contributed by atoms with Crippen molar-refractivity contribution in [1.82, 2.24) is 5.32 Å². The van der Waals surface area contributed by atoms with Crippen molar-refractivity contribution in [2.45, 2.75) is 31.9 Å². The van der Waals surface area contributed by atoms with Crippen molar-refractivity contribution < 1.29 is 14.3 Å². The molecule has 2 N–H and O–H groups in total. The maximum atomic E-state index is 10.4. The second-order valence-electron chi connectivity index (χ2n) is 5.89. The number of ether oxygens (including phenoxy) is 1. The van der Waals surface area contributed by atoms with Crippen LogP contribution in [0.25, 0.3) is 11.0 Å². The molecule has 4 nitrogen and oxygen atoms in total. The van der Waals surface area contributed by atoms with Crippen LogP contribution in [-0.4, -0.2) is 35.4 Å². The molecule has 1 aliphatic rings. The highest BCUT2D eigenvalue weighted by atomic mass is 32.2. The predicted octanol–water partition coefficient (Wildman–Crippen LogP) is 3.35. The first-order valence-electron chi connectivity index (χ1n) is 7.80. The standard InChI is InChI=1S/C17H23NO3S/c1-3-20-14-6-4-5-13-9-15(21-16(13)14)12(2)18-10-17(19)7-8-22-11-17/h4-6,9,12,18-19H,3,7-8,10-11H2,1-2H3/t12-,17+/m1/s1. The lowest BCUT2D eigenvalue weighted by Gasteiger charge is -2.23. The summed E-state index contributed by atoms with van der Waals surface area (Å²) >= 11 is 1.81. The van der Waals surface area contributed by atoms with Gasteiger partial charge in [-0.15, -0.1) is 0 Å². The molecule has 2 heterocycles. The van der Waals surface area contributed by atoms with Crippen LogP contribution in [0.4, 0.5) is 0 Å². The van der Waals surface area contributed by atoms with E-state index in [1.54, 1.807) is 0 Å². The third kappa shape index (κ3) is 3.26. The number of benzene rings is 1. The Bertz CT molecular complexity index is 634. The van der Waals surface area contributed by atoms with Crippen LogP contribution < -0.4 is 10.1 Å². The molecule has 5 heteroatoms. The second kappa shape index (κ2) is 6.52. The molecule has 0 bridgehead atoms. The molecule has 0 amide bonds. The van der Waals surface area contributed by atoms with Gasteiger partial charge in [-0.1, -0.05) is 12.1 Å². The maximum absolute atomic E-state index is 10.4. The number of nitrogens with one attached hydrogen (secondary N) is 1. The van der Waals surface area contributed by atoms with Crippen LogP contribution in [0, 0.1) is 0 Å². The van der Waals surface area contributed by atoms with Gasteiger partial charge in [-0.05, 0) is 38.2 Å². The Labute approximate surface area is 135 Å². The number of thioether (sulfide) groups is 1. The Morgan fingerprint density at radius 1 is 1.50 bits per heavy atom. The molecule has 0 radical (unpaired) electrons. The van der Waals surface area contributed by atoms with E-state index in [2.05, 4.69) is 12.2 Å². The molecule has 0 saturated carbocycles. The lowest BCUT2D eigenvalue weighted by atomic mass is 10.0. The lowest BCUT2D eigenvalue weighted by Crippen LogP contribution is -2.41. The summed E-state index contributed by atoms with van der Waals surface area (Å²) in [6, 6.07) is 8.03. The van der Waals surface area contributed by atoms with Crippen molar-refractivity contribution in [3.8, 4) is 5.75 Å². The van der Waals surface area contributed by atoms with Gasteiger partial charge in [0.25, 0.3) is 0 Å². The quantitative estimate of drug-likeness (QED) is 0.854. The number of hydrogen-bond acceptors (Lipinski definition) is 5. The van der Waals surface area contributed by atoms with Crippen molar-refractivity contribution in [2.24, 2.45) is 0 Å². The Morgan fingerprint density at radius 2 is 2.36 bits per heavy atom. The molecule has 1 aliphatic heterocycles. The van der Waals surface area contributed by atoms with Gasteiger partial charge in [0.1, 0.15) is 5.76 Å². The minimum absolute atomic E-state index is 0.0523. The summed E-state index contributed by atoms with van der Waals surface area (Å²) in [5.41, 5.74) is 0.213. The van der Waals surface area contributed by atoms with Gasteiger partial charge in [-0.2, -0.15) is 11.8 Å². The van der Waals surface area contributed by atoms with Crippen LogP contribution >= 0.6 is 11.8 Å². The highest BCUT2D eigenvalue weighted by Gasteiger charge is 2.32. The van der Waals surface area contributed by atoms with E-state index in [1.807, 2.05) is 43.0 Å². The monoisotopic (exact) mass is 321 g/mol. The van der Waals surface area contributed by atoms with Gasteiger partial charge >= 0.3 is 0 Å². The molecule has 1 aromatic carbocycles. The van der Waals surface area contributed by atoms with Crippen LogP contribution in [0.3, 0.4) is 0 Å². The summed E-state index contributed by atoms with van der Waals surface area (Å²) in [6.45, 7) is 5.24. The average molecular weight is 321 g/mol. The number of fused-ring (bicyclic) bond motifs is 1. The Morgan fingerprint density at radius 3 is 3.09 bits per heavy atom. The molecule has 1 fully saturated rings. The predicted molar refractivity (Wildman–Crippen MR) is 90.7 cm³/mol. The van der Waals surface area contributed by atoms with Gasteiger partial charge < -0.3 is 19.6 Å². The zero-order valence-corrected chi connectivity index (χ0v) is 13.9. The molecule has 1 aromatic heterocycles. The van der Waals surface area contributed by atoms with E-state index in [9.17, 15) is 5.11 Å². The van der Waals surface area contributed by atoms with Crippen molar-refractivity contribution in [1.29, 1.82) is 0 Å². The minimum Gasteiger partial charge on any atom is -0.490 e. The van der Waals surface area contributed by atoms with Crippen molar-refractivity contribution in [3.05, 3.63) is 30.0 Å². The molecular weight excluding hydrogens is 298 g/mol. The molecule has 0 aliphatic carbocycles. The number of rotatable bonds is 6. The summed E-state index contributed by atoms with van der Waals surface area (Å²) in [5, 5.41) is 14.8. The molecule has 120 valence electrons. The molecule has 3 rings (SSSR count). The van der Waals surface area contributed by atoms with Crippen molar-refractivity contribution in [3.63, 3.8) is 0 Å². The molecule has 1 saturated heterocycles. The third-order valence-corrected chi connectivity index (χ3v) is 5.31. The molecular formula is C17H23NO3S. The first kappa shape index (κ1) is 15.7. The van der Waals surface area contributed by atoms with Gasteiger partial charge in [0.05, 0.1) is 18.2 Å².